The van der Waals surface area contributed by atoms with E-state index in [1.165, 1.54) is 7.11 Å². The van der Waals surface area contributed by atoms with Crippen LogP contribution in [0.1, 0.15) is 22.8 Å². The molecule has 1 atom stereocenters. The molecule has 4 heteroatoms. The molecule has 1 aromatic rings. The summed E-state index contributed by atoms with van der Waals surface area (Å²) in [6.45, 7) is 1.94. The smallest absolute Gasteiger partial charge is 0.339 e. The fourth-order valence-corrected chi connectivity index (χ4v) is 1.82. The molecule has 1 unspecified atom stereocenters. The van der Waals surface area contributed by atoms with Gasteiger partial charge in [-0.1, -0.05) is 6.07 Å². The van der Waals surface area contributed by atoms with E-state index in [0.717, 1.165) is 12.0 Å². The zero-order chi connectivity index (χ0) is 11.0. The highest BCUT2D eigenvalue weighted by atomic mass is 16.5. The molecule has 1 aromatic carbocycles. The van der Waals surface area contributed by atoms with Gasteiger partial charge in [0.1, 0.15) is 11.7 Å². The number of methoxy groups -OCH3 is 1. The van der Waals surface area contributed by atoms with Gasteiger partial charge in [-0.05, 0) is 13.0 Å². The van der Waals surface area contributed by atoms with Crippen LogP contribution < -0.4 is 9.47 Å². The molecule has 0 radical (unpaired) electrons. The summed E-state index contributed by atoms with van der Waals surface area (Å²) in [4.78, 5) is 10.9. The third-order valence-electron chi connectivity index (χ3n) is 2.45. The van der Waals surface area contributed by atoms with Crippen molar-refractivity contribution in [2.24, 2.45) is 0 Å². The molecule has 1 N–H and O–H groups in total. The lowest BCUT2D eigenvalue weighted by Crippen LogP contribution is -2.06. The van der Waals surface area contributed by atoms with Gasteiger partial charge in [-0.25, -0.2) is 4.79 Å². The van der Waals surface area contributed by atoms with Crippen LogP contribution >= 0.6 is 0 Å². The van der Waals surface area contributed by atoms with Crippen LogP contribution in [0.5, 0.6) is 11.5 Å². The third-order valence-corrected chi connectivity index (χ3v) is 2.45. The summed E-state index contributed by atoms with van der Waals surface area (Å²) < 4.78 is 10.6. The summed E-state index contributed by atoms with van der Waals surface area (Å²) in [7, 11) is 1.45. The van der Waals surface area contributed by atoms with Gasteiger partial charge in [0.05, 0.1) is 7.11 Å². The van der Waals surface area contributed by atoms with Crippen LogP contribution in [0.3, 0.4) is 0 Å². The highest BCUT2D eigenvalue weighted by Crippen LogP contribution is 2.40. The maximum atomic E-state index is 10.9. The van der Waals surface area contributed by atoms with Gasteiger partial charge >= 0.3 is 5.97 Å². The van der Waals surface area contributed by atoms with Gasteiger partial charge in [-0.2, -0.15) is 0 Å². The lowest BCUT2D eigenvalue weighted by atomic mass is 10.1. The number of fused-ring (bicyclic) bond motifs is 1. The van der Waals surface area contributed by atoms with Gasteiger partial charge in [0.25, 0.3) is 0 Å². The molecule has 0 aromatic heterocycles. The van der Waals surface area contributed by atoms with Gasteiger partial charge in [-0.15, -0.1) is 0 Å². The number of carboxylic acids is 1. The van der Waals surface area contributed by atoms with Crippen LogP contribution in [0.15, 0.2) is 12.1 Å². The Labute approximate surface area is 87.4 Å². The van der Waals surface area contributed by atoms with E-state index >= 15 is 0 Å². The second-order valence-corrected chi connectivity index (χ2v) is 3.57. The minimum atomic E-state index is -1.00. The van der Waals surface area contributed by atoms with Crippen molar-refractivity contribution >= 4 is 5.97 Å². The van der Waals surface area contributed by atoms with E-state index < -0.39 is 5.97 Å². The Balaban J connectivity index is 2.56. The Morgan fingerprint density at radius 1 is 1.60 bits per heavy atom. The van der Waals surface area contributed by atoms with E-state index in [1.807, 2.05) is 6.92 Å². The summed E-state index contributed by atoms with van der Waals surface area (Å²) in [6, 6.07) is 3.34. The van der Waals surface area contributed by atoms with E-state index in [4.69, 9.17) is 14.6 Å². The lowest BCUT2D eigenvalue weighted by molar-refractivity contribution is 0.0692. The number of carboxylic acid groups (broad SMARTS) is 1. The van der Waals surface area contributed by atoms with Crippen molar-refractivity contribution in [3.63, 3.8) is 0 Å². The molecule has 0 saturated heterocycles. The number of ether oxygens (including phenoxy) is 2. The maximum absolute atomic E-state index is 10.9. The second-order valence-electron chi connectivity index (χ2n) is 3.57. The highest BCUT2D eigenvalue weighted by Gasteiger charge is 2.26. The molecule has 4 nitrogen and oxygen atoms in total. The van der Waals surface area contributed by atoms with E-state index in [0.29, 0.717) is 11.5 Å². The van der Waals surface area contributed by atoms with E-state index in [-0.39, 0.29) is 11.7 Å². The average molecular weight is 208 g/mol. The predicted octanol–water partition coefficient (Wildman–Crippen LogP) is 1.72. The fraction of sp³-hybridized carbons (Fsp3) is 0.364. The first kappa shape index (κ1) is 9.83. The summed E-state index contributed by atoms with van der Waals surface area (Å²) in [5, 5.41) is 8.96. The largest absolute Gasteiger partial charge is 0.492 e. The quantitative estimate of drug-likeness (QED) is 0.803. The first-order valence-electron chi connectivity index (χ1n) is 4.73. The minimum Gasteiger partial charge on any atom is -0.492 e. The van der Waals surface area contributed by atoms with Crippen molar-refractivity contribution in [3.8, 4) is 11.5 Å². The SMILES string of the molecule is COc1c(C(=O)O)ccc2c1OC(C)C2. The molecule has 2 rings (SSSR count). The highest BCUT2D eigenvalue weighted by molar-refractivity contribution is 5.92. The number of carbonyl (C=O) groups is 1. The molecular formula is C11H12O4. The summed E-state index contributed by atoms with van der Waals surface area (Å²) in [5.41, 5.74) is 1.15. The van der Waals surface area contributed by atoms with Crippen molar-refractivity contribution < 1.29 is 19.4 Å². The van der Waals surface area contributed by atoms with Gasteiger partial charge in [0.15, 0.2) is 11.5 Å². The van der Waals surface area contributed by atoms with Crippen LogP contribution in [0, 0.1) is 0 Å². The van der Waals surface area contributed by atoms with Gasteiger partial charge in [-0.3, -0.25) is 0 Å². The van der Waals surface area contributed by atoms with E-state index in [9.17, 15) is 4.79 Å². The molecule has 80 valence electrons. The fourth-order valence-electron chi connectivity index (χ4n) is 1.82. The molecule has 0 spiro atoms. The van der Waals surface area contributed by atoms with E-state index in [2.05, 4.69) is 0 Å². The molecule has 0 saturated carbocycles. The first-order valence-corrected chi connectivity index (χ1v) is 4.73. The molecule has 0 aliphatic carbocycles. The van der Waals surface area contributed by atoms with Crippen LogP contribution in [0.25, 0.3) is 0 Å². The molecule has 1 heterocycles. The molecule has 0 amide bonds. The van der Waals surface area contributed by atoms with Gasteiger partial charge < -0.3 is 14.6 Å². The lowest BCUT2D eigenvalue weighted by Gasteiger charge is -2.10. The number of aromatic carboxylic acids is 1. The number of hydrogen-bond donors (Lipinski definition) is 1. The summed E-state index contributed by atoms with van der Waals surface area (Å²) >= 11 is 0. The molecule has 0 bridgehead atoms. The Morgan fingerprint density at radius 2 is 2.33 bits per heavy atom. The Hall–Kier alpha value is -1.71. The first-order chi connectivity index (χ1) is 7.13. The average Bonchev–Trinajstić information content (AvgIpc) is 2.55. The number of rotatable bonds is 2. The van der Waals surface area contributed by atoms with Crippen LogP contribution in [0.4, 0.5) is 0 Å². The van der Waals surface area contributed by atoms with Crippen LogP contribution in [-0.4, -0.2) is 24.3 Å². The standard InChI is InChI=1S/C11H12O4/c1-6-5-7-3-4-8(11(12)13)10(14-2)9(7)15-6/h3-4,6H,5H2,1-2H3,(H,12,13). The Kier molecular flexibility index (Phi) is 2.26. The van der Waals surface area contributed by atoms with Crippen molar-refractivity contribution in [2.75, 3.05) is 7.11 Å². The third kappa shape index (κ3) is 1.52. The second kappa shape index (κ2) is 3.46. The number of benzene rings is 1. The van der Waals surface area contributed by atoms with Crippen molar-refractivity contribution in [3.05, 3.63) is 23.3 Å². The molecule has 1 aliphatic rings. The van der Waals surface area contributed by atoms with Crippen molar-refractivity contribution in [1.29, 1.82) is 0 Å². The molecule has 1 aliphatic heterocycles. The van der Waals surface area contributed by atoms with E-state index in [1.54, 1.807) is 12.1 Å². The van der Waals surface area contributed by atoms with Crippen molar-refractivity contribution in [1.82, 2.24) is 0 Å². The summed E-state index contributed by atoms with van der Waals surface area (Å²) in [6.07, 6.45) is 0.879. The monoisotopic (exact) mass is 208 g/mol. The number of hydrogen-bond acceptors (Lipinski definition) is 3. The normalized spacial score (nSPS) is 18.1. The maximum Gasteiger partial charge on any atom is 0.339 e. The topological polar surface area (TPSA) is 55.8 Å². The predicted molar refractivity (Wildman–Crippen MR) is 53.7 cm³/mol. The Bertz CT molecular complexity index is 411. The van der Waals surface area contributed by atoms with Crippen LogP contribution in [-0.2, 0) is 6.42 Å². The van der Waals surface area contributed by atoms with Crippen LogP contribution in [0.2, 0.25) is 0 Å². The van der Waals surface area contributed by atoms with Gasteiger partial charge in [0.2, 0.25) is 0 Å². The zero-order valence-corrected chi connectivity index (χ0v) is 8.61. The van der Waals surface area contributed by atoms with Crippen molar-refractivity contribution in [2.45, 2.75) is 19.4 Å². The molecule has 15 heavy (non-hydrogen) atoms. The minimum absolute atomic E-state index is 0.0814. The van der Waals surface area contributed by atoms with Gasteiger partial charge in [0, 0.05) is 12.0 Å². The Morgan fingerprint density at radius 3 is 2.93 bits per heavy atom. The molecule has 0 fully saturated rings. The summed E-state index contributed by atoms with van der Waals surface area (Å²) in [5.74, 6) is -0.105. The zero-order valence-electron chi connectivity index (χ0n) is 8.61. The molecular weight excluding hydrogens is 196 g/mol.